The minimum Gasteiger partial charge on any atom is -0.376 e. The van der Waals surface area contributed by atoms with Gasteiger partial charge in [0.1, 0.15) is 12.2 Å². The molecular formula is C9H14N2O5. The first-order valence-corrected chi connectivity index (χ1v) is 5.12. The molecule has 0 aromatic rings. The van der Waals surface area contributed by atoms with E-state index in [4.69, 9.17) is 14.2 Å². The molecule has 2 unspecified atom stereocenters. The topological polar surface area (TPSA) is 92.5 Å². The number of ether oxygens (including phenoxy) is 3. The predicted octanol–water partition coefficient (Wildman–Crippen LogP) is -1.37. The lowest BCUT2D eigenvalue weighted by Gasteiger charge is -1.95. The lowest BCUT2D eigenvalue weighted by atomic mass is 10.5. The van der Waals surface area contributed by atoms with Crippen LogP contribution in [0.25, 0.3) is 0 Å². The molecule has 3 amide bonds. The highest BCUT2D eigenvalue weighted by Gasteiger charge is 2.26. The van der Waals surface area contributed by atoms with Gasteiger partial charge in [0.15, 0.2) is 0 Å². The van der Waals surface area contributed by atoms with Crippen molar-refractivity contribution in [1.29, 1.82) is 0 Å². The van der Waals surface area contributed by atoms with Crippen LogP contribution >= 0.6 is 0 Å². The second kappa shape index (κ2) is 5.24. The third kappa shape index (κ3) is 4.56. The smallest absolute Gasteiger partial charge is 0.321 e. The molecule has 3 rings (SSSR count). The van der Waals surface area contributed by atoms with E-state index in [9.17, 15) is 9.59 Å². The summed E-state index contributed by atoms with van der Waals surface area (Å²) in [5.41, 5.74) is 0. The third-order valence-corrected chi connectivity index (χ3v) is 2.07. The molecule has 0 bridgehead atoms. The Kier molecular flexibility index (Phi) is 3.70. The van der Waals surface area contributed by atoms with Crippen molar-refractivity contribution < 1.29 is 23.8 Å². The lowest BCUT2D eigenvalue weighted by Crippen LogP contribution is -2.22. The van der Waals surface area contributed by atoms with E-state index in [-0.39, 0.29) is 12.5 Å². The van der Waals surface area contributed by atoms with Crippen LogP contribution in [0.4, 0.5) is 4.79 Å². The second-order valence-corrected chi connectivity index (χ2v) is 3.68. The Balaban J connectivity index is 0.000000125. The zero-order valence-corrected chi connectivity index (χ0v) is 8.73. The van der Waals surface area contributed by atoms with Crippen molar-refractivity contribution in [2.75, 3.05) is 33.0 Å². The molecule has 90 valence electrons. The lowest BCUT2D eigenvalue weighted by molar-refractivity contribution is -0.117. The number of urea groups is 1. The maximum absolute atomic E-state index is 10.1. The van der Waals surface area contributed by atoms with Crippen LogP contribution in [0.1, 0.15) is 0 Å². The molecule has 7 nitrogen and oxygen atoms in total. The highest BCUT2D eigenvalue weighted by atomic mass is 16.6. The summed E-state index contributed by atoms with van der Waals surface area (Å²) >= 11 is 0. The molecule has 3 aliphatic heterocycles. The molecule has 0 aromatic heterocycles. The standard InChI is InChI=1S/C6H10O3.C3H4N2O2/c1(5-3-8-5)7-2-6-4-9-6;6-2-1-4-3(7)5-2/h5-6H,1-4H2;1H2,(H2,4,5,6,7). The van der Waals surface area contributed by atoms with Crippen LogP contribution in [0.15, 0.2) is 0 Å². The van der Waals surface area contributed by atoms with Gasteiger partial charge in [-0.25, -0.2) is 4.79 Å². The Bertz CT molecular complexity index is 249. The summed E-state index contributed by atoms with van der Waals surface area (Å²) in [6, 6.07) is -0.398. The van der Waals surface area contributed by atoms with Gasteiger partial charge in [0.2, 0.25) is 5.91 Å². The fourth-order valence-electron chi connectivity index (χ4n) is 1.04. The summed E-state index contributed by atoms with van der Waals surface area (Å²) in [5.74, 6) is -0.259. The second-order valence-electron chi connectivity index (χ2n) is 3.68. The number of amides is 3. The summed E-state index contributed by atoms with van der Waals surface area (Å²) in [6.07, 6.45) is 0.785. The van der Waals surface area contributed by atoms with Crippen LogP contribution in [-0.4, -0.2) is 57.1 Å². The molecule has 0 aromatic carbocycles. The van der Waals surface area contributed by atoms with Crippen LogP contribution in [-0.2, 0) is 19.0 Å². The van der Waals surface area contributed by atoms with Crippen molar-refractivity contribution in [3.05, 3.63) is 0 Å². The number of rotatable bonds is 4. The van der Waals surface area contributed by atoms with Gasteiger partial charge in [0.05, 0.1) is 33.0 Å². The normalized spacial score (nSPS) is 30.0. The summed E-state index contributed by atoms with van der Waals surface area (Å²) in [7, 11) is 0. The Hall–Kier alpha value is -1.18. The van der Waals surface area contributed by atoms with Gasteiger partial charge in [0.25, 0.3) is 0 Å². The Morgan fingerprint density at radius 3 is 2.00 bits per heavy atom. The maximum atomic E-state index is 10.1. The average Bonchev–Trinajstić information content (AvgIpc) is 3.12. The number of epoxide rings is 2. The Morgan fingerprint density at radius 1 is 1.19 bits per heavy atom. The molecular weight excluding hydrogens is 216 g/mol. The largest absolute Gasteiger partial charge is 0.376 e. The number of nitrogens with one attached hydrogen (secondary N) is 2. The zero-order valence-electron chi connectivity index (χ0n) is 8.73. The van der Waals surface area contributed by atoms with E-state index < -0.39 is 6.03 Å². The molecule has 0 spiro atoms. The highest BCUT2D eigenvalue weighted by Crippen LogP contribution is 2.12. The van der Waals surface area contributed by atoms with Gasteiger partial charge in [0, 0.05) is 0 Å². The van der Waals surface area contributed by atoms with Crippen LogP contribution in [0.2, 0.25) is 0 Å². The molecule has 3 fully saturated rings. The number of hydrogen-bond acceptors (Lipinski definition) is 5. The van der Waals surface area contributed by atoms with Crippen molar-refractivity contribution in [3.8, 4) is 0 Å². The molecule has 3 saturated heterocycles. The van der Waals surface area contributed by atoms with Crippen molar-refractivity contribution >= 4 is 11.9 Å². The van der Waals surface area contributed by atoms with Crippen molar-refractivity contribution in [2.24, 2.45) is 0 Å². The van der Waals surface area contributed by atoms with Crippen LogP contribution in [0, 0.1) is 0 Å². The first-order valence-electron chi connectivity index (χ1n) is 5.12. The van der Waals surface area contributed by atoms with Gasteiger partial charge in [-0.1, -0.05) is 0 Å². The zero-order chi connectivity index (χ0) is 11.4. The van der Waals surface area contributed by atoms with E-state index in [1.54, 1.807) is 0 Å². The van der Waals surface area contributed by atoms with E-state index >= 15 is 0 Å². The Morgan fingerprint density at radius 2 is 1.75 bits per heavy atom. The first-order chi connectivity index (χ1) is 7.74. The molecule has 2 atom stereocenters. The molecule has 7 heteroatoms. The van der Waals surface area contributed by atoms with Gasteiger partial charge < -0.3 is 19.5 Å². The number of imide groups is 1. The van der Waals surface area contributed by atoms with Gasteiger partial charge in [-0.15, -0.1) is 0 Å². The maximum Gasteiger partial charge on any atom is 0.321 e. The number of hydrogen-bond donors (Lipinski definition) is 2. The molecule has 3 heterocycles. The van der Waals surface area contributed by atoms with E-state index in [2.05, 4.69) is 5.32 Å². The SMILES string of the molecule is C(OCC1CO1)C1CO1.O=C1CNC(=O)N1. The fraction of sp³-hybridized carbons (Fsp3) is 0.778. The van der Waals surface area contributed by atoms with Crippen molar-refractivity contribution in [2.45, 2.75) is 12.2 Å². The van der Waals surface area contributed by atoms with Crippen molar-refractivity contribution in [3.63, 3.8) is 0 Å². The van der Waals surface area contributed by atoms with Crippen molar-refractivity contribution in [1.82, 2.24) is 10.6 Å². The molecule has 2 N–H and O–H groups in total. The number of carbonyl (C=O) groups is 2. The van der Waals surface area contributed by atoms with E-state index in [1.807, 2.05) is 5.32 Å². The summed E-state index contributed by atoms with van der Waals surface area (Å²) in [6.45, 7) is 3.38. The van der Waals surface area contributed by atoms with E-state index in [0.717, 1.165) is 26.4 Å². The minimum atomic E-state index is -0.398. The fourth-order valence-corrected chi connectivity index (χ4v) is 1.04. The first kappa shape index (κ1) is 11.3. The molecule has 0 saturated carbocycles. The summed E-state index contributed by atoms with van der Waals surface area (Å²) < 4.78 is 15.1. The summed E-state index contributed by atoms with van der Waals surface area (Å²) in [4.78, 5) is 20.1. The predicted molar refractivity (Wildman–Crippen MR) is 51.8 cm³/mol. The quantitative estimate of drug-likeness (QED) is 0.459. The highest BCUT2D eigenvalue weighted by molar-refractivity contribution is 6.01. The molecule has 16 heavy (non-hydrogen) atoms. The van der Waals surface area contributed by atoms with Gasteiger partial charge in [-0.3, -0.25) is 10.1 Å². The third-order valence-electron chi connectivity index (χ3n) is 2.07. The summed E-state index contributed by atoms with van der Waals surface area (Å²) in [5, 5.41) is 4.30. The van der Waals surface area contributed by atoms with Gasteiger partial charge in [-0.2, -0.15) is 0 Å². The molecule has 3 aliphatic rings. The van der Waals surface area contributed by atoms with Gasteiger partial charge >= 0.3 is 6.03 Å². The molecule has 0 aliphatic carbocycles. The monoisotopic (exact) mass is 230 g/mol. The minimum absolute atomic E-state index is 0.124. The van der Waals surface area contributed by atoms with E-state index in [0.29, 0.717) is 12.2 Å². The molecule has 0 radical (unpaired) electrons. The van der Waals surface area contributed by atoms with Crippen LogP contribution in [0.5, 0.6) is 0 Å². The average molecular weight is 230 g/mol. The van der Waals surface area contributed by atoms with Crippen LogP contribution < -0.4 is 10.6 Å². The van der Waals surface area contributed by atoms with E-state index in [1.165, 1.54) is 0 Å². The Labute approximate surface area is 92.4 Å². The number of carbonyl (C=O) groups excluding carboxylic acids is 2. The van der Waals surface area contributed by atoms with Gasteiger partial charge in [-0.05, 0) is 0 Å². The van der Waals surface area contributed by atoms with Crippen LogP contribution in [0.3, 0.4) is 0 Å².